The fourth-order valence-corrected chi connectivity index (χ4v) is 8.94. The van der Waals surface area contributed by atoms with Crippen LogP contribution in [0.2, 0.25) is 11.1 Å². The molecule has 3 heteroatoms. The fourth-order valence-electron chi connectivity index (χ4n) is 4.40. The third-order valence-electron chi connectivity index (χ3n) is 6.69. The summed E-state index contributed by atoms with van der Waals surface area (Å²) in [6.07, 6.45) is 6.99. The van der Waals surface area contributed by atoms with Crippen molar-refractivity contribution in [2.75, 3.05) is 14.2 Å². The molecule has 1 aromatic rings. The second-order valence-corrected chi connectivity index (χ2v) is 11.6. The van der Waals surface area contributed by atoms with Gasteiger partial charge in [-0.2, -0.15) is 0 Å². The molecule has 1 aliphatic rings. The minimum absolute atomic E-state index is 0.0391. The predicted octanol–water partition coefficient (Wildman–Crippen LogP) is 5.92. The van der Waals surface area contributed by atoms with Gasteiger partial charge in [0, 0.05) is 24.7 Å². The highest BCUT2D eigenvalue weighted by atomic mass is 28.4. The van der Waals surface area contributed by atoms with Gasteiger partial charge < -0.3 is 8.85 Å². The van der Waals surface area contributed by atoms with Crippen molar-refractivity contribution in [2.45, 2.75) is 64.0 Å². The van der Waals surface area contributed by atoms with Crippen LogP contribution in [0.1, 0.15) is 58.6 Å². The number of benzene rings is 1. The molecule has 0 saturated carbocycles. The van der Waals surface area contributed by atoms with Crippen LogP contribution in [-0.2, 0) is 14.3 Å². The minimum Gasteiger partial charge on any atom is -0.397 e. The standard InChI is InChI=1S/C21H34O2Si/c1-8-17(9-2)16-24(22-6,23-7)21(5)15-14-18-12-10-11-13-19(18)20(21,3)4/h10-15,17H,8-9,16H2,1-7H3. The third-order valence-corrected chi connectivity index (χ3v) is 11.5. The van der Waals surface area contributed by atoms with Gasteiger partial charge in [-0.1, -0.05) is 83.9 Å². The molecule has 0 spiro atoms. The molecule has 1 aromatic carbocycles. The van der Waals surface area contributed by atoms with Gasteiger partial charge in [-0.3, -0.25) is 0 Å². The Hall–Kier alpha value is -0.903. The van der Waals surface area contributed by atoms with Gasteiger partial charge in [-0.25, -0.2) is 0 Å². The molecule has 0 saturated heterocycles. The summed E-state index contributed by atoms with van der Waals surface area (Å²) in [6, 6.07) is 9.77. The SMILES string of the molecule is CCC(CC)C[Si](OC)(OC)C1(C)C=Cc2ccccc2C1(C)C. The number of hydrogen-bond donors (Lipinski definition) is 0. The van der Waals surface area contributed by atoms with E-state index in [0.717, 1.165) is 6.04 Å². The maximum Gasteiger partial charge on any atom is 0.348 e. The van der Waals surface area contributed by atoms with Crippen LogP contribution in [0.4, 0.5) is 0 Å². The highest BCUT2D eigenvalue weighted by Gasteiger charge is 2.61. The quantitative estimate of drug-likeness (QED) is 0.570. The Morgan fingerprint density at radius 3 is 2.12 bits per heavy atom. The monoisotopic (exact) mass is 346 g/mol. The van der Waals surface area contributed by atoms with E-state index < -0.39 is 8.56 Å². The lowest BCUT2D eigenvalue weighted by molar-refractivity contribution is 0.182. The second-order valence-electron chi connectivity index (χ2n) is 7.80. The van der Waals surface area contributed by atoms with E-state index in [1.54, 1.807) is 0 Å². The molecule has 0 radical (unpaired) electrons. The summed E-state index contributed by atoms with van der Waals surface area (Å²) in [4.78, 5) is 0. The Morgan fingerprint density at radius 1 is 1.00 bits per heavy atom. The number of hydrogen-bond acceptors (Lipinski definition) is 2. The van der Waals surface area contributed by atoms with E-state index in [9.17, 15) is 0 Å². The molecule has 1 unspecified atom stereocenters. The lowest BCUT2D eigenvalue weighted by atomic mass is 9.68. The summed E-state index contributed by atoms with van der Waals surface area (Å²) < 4.78 is 12.6. The van der Waals surface area contributed by atoms with Gasteiger partial charge >= 0.3 is 8.56 Å². The Bertz CT molecular complexity index is 585. The van der Waals surface area contributed by atoms with E-state index in [-0.39, 0.29) is 10.5 Å². The largest absolute Gasteiger partial charge is 0.397 e. The molecule has 24 heavy (non-hydrogen) atoms. The molecule has 1 atom stereocenters. The Labute approximate surface area is 149 Å². The lowest BCUT2D eigenvalue weighted by Crippen LogP contribution is -2.59. The number of rotatable bonds is 7. The molecule has 0 amide bonds. The van der Waals surface area contributed by atoms with Crippen LogP contribution in [0.5, 0.6) is 0 Å². The summed E-state index contributed by atoms with van der Waals surface area (Å²) >= 11 is 0. The molecule has 0 heterocycles. The van der Waals surface area contributed by atoms with E-state index in [0.29, 0.717) is 5.92 Å². The second kappa shape index (κ2) is 7.15. The maximum absolute atomic E-state index is 6.28. The molecule has 0 fully saturated rings. The van der Waals surface area contributed by atoms with Crippen molar-refractivity contribution >= 4 is 14.6 Å². The van der Waals surface area contributed by atoms with Crippen LogP contribution in [0.25, 0.3) is 6.08 Å². The molecule has 1 aliphatic carbocycles. The Kier molecular flexibility index (Phi) is 5.78. The third kappa shape index (κ3) is 2.81. The van der Waals surface area contributed by atoms with Gasteiger partial charge in [0.05, 0.1) is 0 Å². The average Bonchev–Trinajstić information content (AvgIpc) is 2.60. The maximum atomic E-state index is 6.28. The van der Waals surface area contributed by atoms with Crippen molar-refractivity contribution in [3.05, 3.63) is 41.5 Å². The van der Waals surface area contributed by atoms with Crippen LogP contribution in [0.15, 0.2) is 30.3 Å². The van der Waals surface area contributed by atoms with Gasteiger partial charge in [0.25, 0.3) is 0 Å². The number of allylic oxidation sites excluding steroid dienone is 1. The summed E-state index contributed by atoms with van der Waals surface area (Å²) in [5, 5.41) is -0.125. The van der Waals surface area contributed by atoms with Crippen LogP contribution < -0.4 is 0 Å². The predicted molar refractivity (Wildman–Crippen MR) is 106 cm³/mol. The molecular weight excluding hydrogens is 312 g/mol. The van der Waals surface area contributed by atoms with Crippen LogP contribution >= 0.6 is 0 Å². The first-order chi connectivity index (χ1) is 11.3. The van der Waals surface area contributed by atoms with E-state index in [4.69, 9.17) is 8.85 Å². The normalized spacial score (nSPS) is 22.7. The zero-order valence-corrected chi connectivity index (χ0v) is 17.5. The first-order valence-corrected chi connectivity index (χ1v) is 11.2. The smallest absolute Gasteiger partial charge is 0.348 e. The van der Waals surface area contributed by atoms with Crippen molar-refractivity contribution in [1.82, 2.24) is 0 Å². The van der Waals surface area contributed by atoms with Crippen molar-refractivity contribution in [3.8, 4) is 0 Å². The lowest BCUT2D eigenvalue weighted by Gasteiger charge is -2.54. The van der Waals surface area contributed by atoms with E-state index in [1.807, 2.05) is 14.2 Å². The van der Waals surface area contributed by atoms with Gasteiger partial charge in [-0.05, 0) is 23.1 Å². The molecule has 0 aliphatic heterocycles. The number of fused-ring (bicyclic) bond motifs is 1. The van der Waals surface area contributed by atoms with Gasteiger partial charge in [0.15, 0.2) is 0 Å². The topological polar surface area (TPSA) is 18.5 Å². The first kappa shape index (κ1) is 19.4. The molecule has 2 nitrogen and oxygen atoms in total. The van der Waals surface area contributed by atoms with Crippen LogP contribution in [-0.4, -0.2) is 22.8 Å². The van der Waals surface area contributed by atoms with Crippen LogP contribution in [0, 0.1) is 5.92 Å². The van der Waals surface area contributed by atoms with Crippen molar-refractivity contribution in [2.24, 2.45) is 5.92 Å². The summed E-state index contributed by atoms with van der Waals surface area (Å²) in [6.45, 7) is 11.6. The molecule has 0 aromatic heterocycles. The highest BCUT2D eigenvalue weighted by molar-refractivity contribution is 6.71. The van der Waals surface area contributed by atoms with Crippen molar-refractivity contribution < 1.29 is 8.85 Å². The zero-order chi connectivity index (χ0) is 18.0. The molecule has 0 bridgehead atoms. The molecular formula is C21H34O2Si. The van der Waals surface area contributed by atoms with Crippen molar-refractivity contribution in [3.63, 3.8) is 0 Å². The molecule has 134 valence electrons. The van der Waals surface area contributed by atoms with E-state index in [1.165, 1.54) is 24.0 Å². The fraction of sp³-hybridized carbons (Fsp3) is 0.619. The van der Waals surface area contributed by atoms with Crippen molar-refractivity contribution in [1.29, 1.82) is 0 Å². The van der Waals surface area contributed by atoms with E-state index in [2.05, 4.69) is 71.0 Å². The van der Waals surface area contributed by atoms with Gasteiger partial charge in [0.2, 0.25) is 0 Å². The average molecular weight is 347 g/mol. The van der Waals surface area contributed by atoms with Crippen LogP contribution in [0.3, 0.4) is 0 Å². The molecule has 2 rings (SSSR count). The summed E-state index contributed by atoms with van der Waals surface area (Å²) in [7, 11) is 1.25. The first-order valence-electron chi connectivity index (χ1n) is 9.21. The Morgan fingerprint density at radius 2 is 1.58 bits per heavy atom. The minimum atomic E-state index is -2.46. The molecule has 0 N–H and O–H groups in total. The zero-order valence-electron chi connectivity index (χ0n) is 16.5. The summed E-state index contributed by atoms with van der Waals surface area (Å²) in [5.74, 6) is 0.648. The van der Waals surface area contributed by atoms with Gasteiger partial charge in [-0.15, -0.1) is 0 Å². The Balaban J connectivity index is 2.57. The highest BCUT2D eigenvalue weighted by Crippen LogP contribution is 2.60. The van der Waals surface area contributed by atoms with Gasteiger partial charge in [0.1, 0.15) is 0 Å². The summed E-state index contributed by atoms with van der Waals surface area (Å²) in [5.41, 5.74) is 2.67. The van der Waals surface area contributed by atoms with E-state index >= 15 is 0 Å².